The lowest BCUT2D eigenvalue weighted by molar-refractivity contribution is 0.0951. The lowest BCUT2D eigenvalue weighted by atomic mass is 10.2. The monoisotopic (exact) mass is 349 g/mol. The second kappa shape index (κ2) is 8.40. The summed E-state index contributed by atoms with van der Waals surface area (Å²) in [5, 5.41) is 2.72. The van der Waals surface area contributed by atoms with Gasteiger partial charge in [-0.15, -0.1) is 11.6 Å². The van der Waals surface area contributed by atoms with Crippen LogP contribution in [-0.2, 0) is 4.74 Å². The first-order valence-electron chi connectivity index (χ1n) is 5.83. The largest absolute Gasteiger partial charge is 0.496 e. The molecule has 4 nitrogen and oxygen atoms in total. The Morgan fingerprint density at radius 1 is 1.47 bits per heavy atom. The lowest BCUT2D eigenvalue weighted by Gasteiger charge is -2.10. The van der Waals surface area contributed by atoms with Gasteiger partial charge in [-0.2, -0.15) is 0 Å². The van der Waals surface area contributed by atoms with Crippen LogP contribution in [0.2, 0.25) is 0 Å². The molecule has 0 heterocycles. The number of hydrogen-bond acceptors (Lipinski definition) is 3. The molecule has 1 N–H and O–H groups in total. The fourth-order valence-electron chi connectivity index (χ4n) is 1.52. The Morgan fingerprint density at radius 2 is 2.21 bits per heavy atom. The predicted molar refractivity (Wildman–Crippen MR) is 79.2 cm³/mol. The number of amides is 1. The molecule has 0 aromatic heterocycles. The summed E-state index contributed by atoms with van der Waals surface area (Å²) in [6.45, 7) is 0.992. The maximum Gasteiger partial charge on any atom is 0.251 e. The molecule has 1 atom stereocenters. The number of hydrogen-bond donors (Lipinski definition) is 1. The van der Waals surface area contributed by atoms with Gasteiger partial charge in [0.15, 0.2) is 0 Å². The molecule has 0 spiro atoms. The topological polar surface area (TPSA) is 47.6 Å². The highest BCUT2D eigenvalue weighted by molar-refractivity contribution is 9.10. The SMILES string of the molecule is COCC(Cl)CCNC(=O)c1ccc(OC)c(Br)c1. The molecule has 106 valence electrons. The van der Waals surface area contributed by atoms with Gasteiger partial charge in [0.2, 0.25) is 0 Å². The molecule has 1 unspecified atom stereocenters. The van der Waals surface area contributed by atoms with E-state index >= 15 is 0 Å². The summed E-state index contributed by atoms with van der Waals surface area (Å²) in [5.74, 6) is 0.558. The van der Waals surface area contributed by atoms with E-state index < -0.39 is 0 Å². The van der Waals surface area contributed by atoms with Crippen LogP contribution in [0.25, 0.3) is 0 Å². The molecular formula is C13H17BrClNO3. The Morgan fingerprint density at radius 3 is 2.79 bits per heavy atom. The first kappa shape index (κ1) is 16.3. The van der Waals surface area contributed by atoms with E-state index in [9.17, 15) is 4.79 Å². The zero-order valence-corrected chi connectivity index (χ0v) is 13.3. The number of alkyl halides is 1. The molecule has 0 saturated carbocycles. The van der Waals surface area contributed by atoms with Crippen LogP contribution in [0.3, 0.4) is 0 Å². The first-order chi connectivity index (χ1) is 9.08. The summed E-state index contributed by atoms with van der Waals surface area (Å²) in [5.41, 5.74) is 0.575. The minimum atomic E-state index is -0.135. The number of halogens is 2. The number of nitrogens with one attached hydrogen (secondary N) is 1. The van der Waals surface area contributed by atoms with Gasteiger partial charge in [0.25, 0.3) is 5.91 Å². The van der Waals surface area contributed by atoms with Gasteiger partial charge in [-0.05, 0) is 40.5 Å². The standard InChI is InChI=1S/C13H17BrClNO3/c1-18-8-10(15)5-6-16-13(17)9-3-4-12(19-2)11(14)7-9/h3-4,7,10H,5-6,8H2,1-2H3,(H,16,17). The van der Waals surface area contributed by atoms with Crippen LogP contribution in [0.1, 0.15) is 16.8 Å². The molecule has 1 amide bonds. The highest BCUT2D eigenvalue weighted by Crippen LogP contribution is 2.25. The summed E-state index contributed by atoms with van der Waals surface area (Å²) in [4.78, 5) is 11.9. The molecule has 1 aromatic carbocycles. The Kier molecular flexibility index (Phi) is 7.20. The minimum absolute atomic E-state index is 0.0899. The van der Waals surface area contributed by atoms with Crippen molar-refractivity contribution in [2.24, 2.45) is 0 Å². The van der Waals surface area contributed by atoms with Gasteiger partial charge >= 0.3 is 0 Å². The van der Waals surface area contributed by atoms with Crippen LogP contribution in [0, 0.1) is 0 Å². The normalized spacial score (nSPS) is 12.0. The first-order valence-corrected chi connectivity index (χ1v) is 7.06. The second-order valence-corrected chi connectivity index (χ2v) is 5.42. The van der Waals surface area contributed by atoms with E-state index in [0.717, 1.165) is 4.47 Å². The van der Waals surface area contributed by atoms with Gasteiger partial charge in [0, 0.05) is 19.2 Å². The van der Waals surface area contributed by atoms with Crippen LogP contribution in [0.15, 0.2) is 22.7 Å². The van der Waals surface area contributed by atoms with Gasteiger partial charge in [-0.3, -0.25) is 4.79 Å². The van der Waals surface area contributed by atoms with Gasteiger partial charge in [-0.25, -0.2) is 0 Å². The summed E-state index contributed by atoms with van der Waals surface area (Å²) in [6, 6.07) is 5.18. The molecule has 0 radical (unpaired) electrons. The summed E-state index contributed by atoms with van der Waals surface area (Å²) < 4.78 is 10.8. The van der Waals surface area contributed by atoms with Crippen molar-refractivity contribution in [3.05, 3.63) is 28.2 Å². The smallest absolute Gasteiger partial charge is 0.251 e. The van der Waals surface area contributed by atoms with Gasteiger partial charge in [-0.1, -0.05) is 0 Å². The third-order valence-electron chi connectivity index (χ3n) is 2.50. The number of methoxy groups -OCH3 is 2. The molecule has 6 heteroatoms. The average molecular weight is 351 g/mol. The quantitative estimate of drug-likeness (QED) is 0.769. The van der Waals surface area contributed by atoms with E-state index in [1.54, 1.807) is 32.4 Å². The van der Waals surface area contributed by atoms with Crippen molar-refractivity contribution in [3.63, 3.8) is 0 Å². The van der Waals surface area contributed by atoms with Crippen molar-refractivity contribution in [1.29, 1.82) is 0 Å². The second-order valence-electron chi connectivity index (χ2n) is 3.95. The Hall–Kier alpha value is -0.780. The third-order valence-corrected chi connectivity index (χ3v) is 3.47. The Balaban J connectivity index is 2.47. The Labute approximate surface area is 126 Å². The van der Waals surface area contributed by atoms with Crippen molar-refractivity contribution in [3.8, 4) is 5.75 Å². The van der Waals surface area contributed by atoms with Crippen molar-refractivity contribution >= 4 is 33.4 Å². The maximum atomic E-state index is 11.9. The maximum absolute atomic E-state index is 11.9. The van der Waals surface area contributed by atoms with E-state index in [4.69, 9.17) is 21.1 Å². The van der Waals surface area contributed by atoms with Crippen LogP contribution in [-0.4, -0.2) is 38.7 Å². The van der Waals surface area contributed by atoms with Crippen LogP contribution >= 0.6 is 27.5 Å². The number of rotatable bonds is 7. The van der Waals surface area contributed by atoms with Gasteiger partial charge in [0.05, 0.1) is 23.6 Å². The number of carbonyl (C=O) groups excluding carboxylic acids is 1. The van der Waals surface area contributed by atoms with E-state index in [2.05, 4.69) is 21.2 Å². The number of benzene rings is 1. The average Bonchev–Trinajstić information content (AvgIpc) is 2.38. The fraction of sp³-hybridized carbons (Fsp3) is 0.462. The molecule has 0 fully saturated rings. The van der Waals surface area contributed by atoms with Crippen molar-refractivity contribution in [2.45, 2.75) is 11.8 Å². The fourth-order valence-corrected chi connectivity index (χ4v) is 2.29. The molecule has 0 bridgehead atoms. The Bertz CT molecular complexity index is 428. The van der Waals surface area contributed by atoms with Crippen LogP contribution in [0.5, 0.6) is 5.75 Å². The lowest BCUT2D eigenvalue weighted by Crippen LogP contribution is -2.27. The summed E-state index contributed by atoms with van der Waals surface area (Å²) >= 11 is 9.32. The van der Waals surface area contributed by atoms with Crippen molar-refractivity contribution in [2.75, 3.05) is 27.4 Å². The van der Waals surface area contributed by atoms with Crippen molar-refractivity contribution < 1.29 is 14.3 Å². The van der Waals surface area contributed by atoms with E-state index in [1.807, 2.05) is 0 Å². The van der Waals surface area contributed by atoms with Crippen LogP contribution < -0.4 is 10.1 Å². The van der Waals surface area contributed by atoms with E-state index in [-0.39, 0.29) is 11.3 Å². The number of carbonyl (C=O) groups is 1. The zero-order valence-electron chi connectivity index (χ0n) is 10.9. The highest BCUT2D eigenvalue weighted by Gasteiger charge is 2.09. The molecular weight excluding hydrogens is 334 g/mol. The molecule has 0 aliphatic carbocycles. The molecule has 0 saturated heterocycles. The summed E-state index contributed by atoms with van der Waals surface area (Å²) in [7, 11) is 3.18. The molecule has 19 heavy (non-hydrogen) atoms. The number of ether oxygens (including phenoxy) is 2. The van der Waals surface area contributed by atoms with Gasteiger partial charge in [0.1, 0.15) is 5.75 Å². The van der Waals surface area contributed by atoms with E-state index in [1.165, 1.54) is 0 Å². The summed E-state index contributed by atoms with van der Waals surface area (Å²) in [6.07, 6.45) is 0.665. The molecule has 1 rings (SSSR count). The molecule has 0 aliphatic rings. The third kappa shape index (κ3) is 5.38. The van der Waals surface area contributed by atoms with Crippen molar-refractivity contribution in [1.82, 2.24) is 5.32 Å². The zero-order chi connectivity index (χ0) is 14.3. The molecule has 1 aromatic rings. The highest BCUT2D eigenvalue weighted by atomic mass is 79.9. The van der Waals surface area contributed by atoms with E-state index in [0.29, 0.717) is 30.9 Å². The van der Waals surface area contributed by atoms with Crippen LogP contribution in [0.4, 0.5) is 0 Å². The minimum Gasteiger partial charge on any atom is -0.496 e. The molecule has 0 aliphatic heterocycles. The predicted octanol–water partition coefficient (Wildman–Crippen LogP) is 2.83. The van der Waals surface area contributed by atoms with Gasteiger partial charge < -0.3 is 14.8 Å².